The van der Waals surface area contributed by atoms with Gasteiger partial charge in [0.15, 0.2) is 5.13 Å². The lowest BCUT2D eigenvalue weighted by Gasteiger charge is -2.27. The van der Waals surface area contributed by atoms with Crippen molar-refractivity contribution in [3.8, 4) is 5.75 Å². The number of carbonyl (C=O) groups is 1. The second kappa shape index (κ2) is 9.51. The normalized spacial score (nSPS) is 13.6. The molecule has 6 nitrogen and oxygen atoms in total. The number of esters is 1. The highest BCUT2D eigenvalue weighted by molar-refractivity contribution is 7.23. The van der Waals surface area contributed by atoms with Crippen molar-refractivity contribution in [1.29, 1.82) is 0 Å². The Labute approximate surface area is 200 Å². The highest BCUT2D eigenvalue weighted by Crippen LogP contribution is 2.41. The van der Waals surface area contributed by atoms with Gasteiger partial charge in [-0.2, -0.15) is 0 Å². The van der Waals surface area contributed by atoms with Crippen molar-refractivity contribution in [3.05, 3.63) is 70.1 Å². The number of thiazole rings is 1. The van der Waals surface area contributed by atoms with Gasteiger partial charge in [0, 0.05) is 24.5 Å². The van der Waals surface area contributed by atoms with Crippen LogP contribution in [0.5, 0.6) is 5.75 Å². The molecule has 0 atom stereocenters. The average molecular weight is 480 g/mol. The summed E-state index contributed by atoms with van der Waals surface area (Å²) in [4.78, 5) is 21.3. The minimum absolute atomic E-state index is 0.271. The van der Waals surface area contributed by atoms with Gasteiger partial charge in [0.2, 0.25) is 0 Å². The fourth-order valence-electron chi connectivity index (χ4n) is 4.18. The van der Waals surface area contributed by atoms with Crippen molar-refractivity contribution in [2.24, 2.45) is 0 Å². The molecule has 33 heavy (non-hydrogen) atoms. The van der Waals surface area contributed by atoms with E-state index in [1.165, 1.54) is 10.4 Å². The van der Waals surface area contributed by atoms with Gasteiger partial charge in [0.25, 0.3) is 0 Å². The van der Waals surface area contributed by atoms with Crippen molar-refractivity contribution in [2.45, 2.75) is 26.4 Å². The minimum Gasteiger partial charge on any atom is -0.494 e. The van der Waals surface area contributed by atoms with Gasteiger partial charge in [-0.25, -0.2) is 9.78 Å². The molecule has 5 rings (SSSR count). The van der Waals surface area contributed by atoms with Crippen molar-refractivity contribution in [1.82, 2.24) is 9.88 Å². The van der Waals surface area contributed by atoms with Crippen molar-refractivity contribution < 1.29 is 14.3 Å². The van der Waals surface area contributed by atoms with Crippen LogP contribution in [-0.2, 0) is 24.2 Å². The number of nitrogens with zero attached hydrogens (tertiary/aromatic N) is 2. The van der Waals surface area contributed by atoms with E-state index in [9.17, 15) is 4.79 Å². The number of fused-ring (bicyclic) bond motifs is 2. The number of ether oxygens (including phenoxy) is 2. The molecule has 1 aliphatic heterocycles. The predicted octanol–water partition coefficient (Wildman–Crippen LogP) is 5.85. The zero-order valence-corrected chi connectivity index (χ0v) is 20.2. The highest BCUT2D eigenvalue weighted by Gasteiger charge is 2.29. The van der Waals surface area contributed by atoms with Crippen LogP contribution in [-0.4, -0.2) is 36.1 Å². The number of nitrogens with one attached hydrogen (secondary N) is 1. The number of benzene rings is 2. The number of hydrogen-bond donors (Lipinski definition) is 1. The molecular formula is C25H25N3O3S2. The molecule has 2 aromatic carbocycles. The molecule has 0 saturated heterocycles. The van der Waals surface area contributed by atoms with E-state index in [0.29, 0.717) is 12.2 Å². The number of rotatable bonds is 7. The fraction of sp³-hybridized carbons (Fsp3) is 0.280. The van der Waals surface area contributed by atoms with Gasteiger partial charge in [-0.3, -0.25) is 4.90 Å². The summed E-state index contributed by atoms with van der Waals surface area (Å²) < 4.78 is 11.9. The summed E-state index contributed by atoms with van der Waals surface area (Å²) in [5, 5.41) is 4.97. The standard InChI is InChI=1S/C25H25N3O3S2/c1-3-31-24(29)21-17-12-13-28(14-16-8-5-4-6-9-16)15-20(17)32-23(21)27-25-26-22-18(30-2)10-7-11-19(22)33-25/h4-11H,3,12-15H2,1-2H3,(H,26,27). The Morgan fingerprint density at radius 3 is 2.79 bits per heavy atom. The van der Waals surface area contributed by atoms with Gasteiger partial charge in [-0.1, -0.05) is 47.7 Å². The lowest BCUT2D eigenvalue weighted by molar-refractivity contribution is 0.0526. The van der Waals surface area contributed by atoms with Gasteiger partial charge in [-0.15, -0.1) is 11.3 Å². The fourth-order valence-corrected chi connectivity index (χ4v) is 6.41. The molecular weight excluding hydrogens is 454 g/mol. The van der Waals surface area contributed by atoms with Crippen LogP contribution in [0.1, 0.15) is 33.3 Å². The Kier molecular flexibility index (Phi) is 6.30. The van der Waals surface area contributed by atoms with Crippen LogP contribution in [0.4, 0.5) is 10.1 Å². The number of methoxy groups -OCH3 is 1. The third-order valence-electron chi connectivity index (χ3n) is 5.69. The quantitative estimate of drug-likeness (QED) is 0.336. The first-order valence-electron chi connectivity index (χ1n) is 10.9. The monoisotopic (exact) mass is 479 g/mol. The van der Waals surface area contributed by atoms with Crippen molar-refractivity contribution in [2.75, 3.05) is 25.6 Å². The molecule has 0 radical (unpaired) electrons. The van der Waals surface area contributed by atoms with Crippen LogP contribution in [0.25, 0.3) is 10.2 Å². The Morgan fingerprint density at radius 2 is 2.00 bits per heavy atom. The maximum absolute atomic E-state index is 12.9. The summed E-state index contributed by atoms with van der Waals surface area (Å²) in [6.07, 6.45) is 0.822. The zero-order valence-electron chi connectivity index (χ0n) is 18.6. The lowest BCUT2D eigenvalue weighted by atomic mass is 10.0. The average Bonchev–Trinajstić information content (AvgIpc) is 3.40. The molecule has 1 aliphatic rings. The van der Waals surface area contributed by atoms with Crippen LogP contribution in [0.2, 0.25) is 0 Å². The van der Waals surface area contributed by atoms with Gasteiger partial charge in [-0.05, 0) is 36.6 Å². The Hall–Kier alpha value is -2.94. The lowest BCUT2D eigenvalue weighted by Crippen LogP contribution is -2.29. The molecule has 0 fully saturated rings. The largest absolute Gasteiger partial charge is 0.494 e. The molecule has 0 spiro atoms. The number of hydrogen-bond acceptors (Lipinski definition) is 8. The molecule has 0 saturated carbocycles. The third kappa shape index (κ3) is 4.46. The summed E-state index contributed by atoms with van der Waals surface area (Å²) in [6, 6.07) is 16.4. The Bertz CT molecular complexity index is 1280. The summed E-state index contributed by atoms with van der Waals surface area (Å²) in [6.45, 7) is 4.80. The molecule has 0 aliphatic carbocycles. The second-order valence-electron chi connectivity index (χ2n) is 7.83. The van der Waals surface area contributed by atoms with Crippen molar-refractivity contribution in [3.63, 3.8) is 0 Å². The molecule has 0 unspecified atom stereocenters. The first-order valence-corrected chi connectivity index (χ1v) is 12.6. The SMILES string of the molecule is CCOC(=O)c1c(Nc2nc3c(OC)cccc3s2)sc2c1CCN(Cc1ccccc1)C2. The first kappa shape index (κ1) is 21.9. The van der Waals surface area contributed by atoms with E-state index in [2.05, 4.69) is 34.5 Å². The Morgan fingerprint density at radius 1 is 1.15 bits per heavy atom. The number of para-hydroxylation sites is 1. The third-order valence-corrected chi connectivity index (χ3v) is 7.76. The summed E-state index contributed by atoms with van der Waals surface area (Å²) in [5.41, 5.74) is 3.87. The minimum atomic E-state index is -0.271. The van der Waals surface area contributed by atoms with E-state index < -0.39 is 0 Å². The van der Waals surface area contributed by atoms with Crippen LogP contribution >= 0.6 is 22.7 Å². The van der Waals surface area contributed by atoms with Crippen LogP contribution in [0.15, 0.2) is 48.5 Å². The van der Waals surface area contributed by atoms with E-state index in [4.69, 9.17) is 14.5 Å². The molecule has 1 N–H and O–H groups in total. The van der Waals surface area contributed by atoms with Crippen LogP contribution in [0.3, 0.4) is 0 Å². The highest BCUT2D eigenvalue weighted by atomic mass is 32.1. The van der Waals surface area contributed by atoms with E-state index in [0.717, 1.165) is 57.7 Å². The number of thiophene rings is 1. The summed E-state index contributed by atoms with van der Waals surface area (Å²) in [5.74, 6) is 0.470. The van der Waals surface area contributed by atoms with E-state index >= 15 is 0 Å². The van der Waals surface area contributed by atoms with Gasteiger partial charge in [0.1, 0.15) is 16.3 Å². The van der Waals surface area contributed by atoms with Crippen molar-refractivity contribution >= 4 is 49.0 Å². The van der Waals surface area contributed by atoms with Gasteiger partial charge >= 0.3 is 5.97 Å². The van der Waals surface area contributed by atoms with Gasteiger partial charge < -0.3 is 14.8 Å². The van der Waals surface area contributed by atoms with Crippen LogP contribution < -0.4 is 10.1 Å². The first-order chi connectivity index (χ1) is 16.2. The van der Waals surface area contributed by atoms with E-state index in [-0.39, 0.29) is 5.97 Å². The molecule has 0 amide bonds. The second-order valence-corrected chi connectivity index (χ2v) is 9.96. The number of anilines is 2. The predicted molar refractivity (Wildman–Crippen MR) is 134 cm³/mol. The molecule has 0 bridgehead atoms. The molecule has 3 heterocycles. The summed E-state index contributed by atoms with van der Waals surface area (Å²) >= 11 is 3.17. The molecule has 4 aromatic rings. The molecule has 2 aromatic heterocycles. The number of carbonyl (C=O) groups excluding carboxylic acids is 1. The number of aromatic nitrogens is 1. The van der Waals surface area contributed by atoms with Crippen LogP contribution in [0, 0.1) is 0 Å². The maximum atomic E-state index is 12.9. The Balaban J connectivity index is 1.45. The van der Waals surface area contributed by atoms with Gasteiger partial charge in [0.05, 0.1) is 24.0 Å². The summed E-state index contributed by atoms with van der Waals surface area (Å²) in [7, 11) is 1.65. The smallest absolute Gasteiger partial charge is 0.341 e. The topological polar surface area (TPSA) is 63.7 Å². The molecule has 8 heteroatoms. The van der Waals surface area contributed by atoms with E-state index in [1.54, 1.807) is 29.8 Å². The zero-order chi connectivity index (χ0) is 22.8. The maximum Gasteiger partial charge on any atom is 0.341 e. The van der Waals surface area contributed by atoms with E-state index in [1.807, 2.05) is 31.2 Å². The molecule has 170 valence electrons.